The number of rotatable bonds is 3. The van der Waals surface area contributed by atoms with E-state index >= 15 is 0 Å². The number of carbonyl (C=O) groups is 1. The molecule has 0 saturated heterocycles. The number of carbonyl (C=O) groups excluding carboxylic acids is 1. The van der Waals surface area contributed by atoms with Crippen LogP contribution < -0.4 is 10.6 Å². The van der Waals surface area contributed by atoms with Crippen LogP contribution in [0, 0.1) is 6.92 Å². The van der Waals surface area contributed by atoms with E-state index in [9.17, 15) is 4.79 Å². The Labute approximate surface area is 69.3 Å². The molecule has 0 bridgehead atoms. The van der Waals surface area contributed by atoms with Crippen LogP contribution in [-0.4, -0.2) is 29.6 Å². The molecule has 0 aliphatic heterocycles. The number of likely N-dealkylation sites (N-methyl/N-ethyl adjacent to an activating group) is 1. The summed E-state index contributed by atoms with van der Waals surface area (Å²) in [5.74, 6) is 0.288. The van der Waals surface area contributed by atoms with E-state index in [0.29, 0.717) is 5.82 Å². The van der Waals surface area contributed by atoms with E-state index in [4.69, 9.17) is 0 Å². The van der Waals surface area contributed by atoms with Gasteiger partial charge in [0.25, 0.3) is 0 Å². The van der Waals surface area contributed by atoms with Gasteiger partial charge in [-0.15, -0.1) is 0 Å². The first-order chi connectivity index (χ1) is 5.72. The molecular weight excluding hydrogens is 160 g/mol. The number of hydrogen-bond donors (Lipinski definition) is 2. The average molecular weight is 170 g/mol. The van der Waals surface area contributed by atoms with E-state index in [0.717, 1.165) is 0 Å². The Kier molecular flexibility index (Phi) is 2.76. The maximum Gasteiger partial charge on any atom is 0.328 e. The fraction of sp³-hybridized carbons (Fsp3) is 0.500. The highest BCUT2D eigenvalue weighted by atomic mass is 16.5. The third kappa shape index (κ3) is 2.31. The van der Waals surface area contributed by atoms with Gasteiger partial charge in [0.05, 0.1) is 6.54 Å². The molecule has 0 aromatic carbocycles. The van der Waals surface area contributed by atoms with Crippen LogP contribution in [0.5, 0.6) is 0 Å². The van der Waals surface area contributed by atoms with Crippen molar-refractivity contribution in [2.24, 2.45) is 0 Å². The Bertz CT molecular complexity index is 270. The molecule has 0 fully saturated rings. The Morgan fingerprint density at radius 2 is 2.42 bits per heavy atom. The highest BCUT2D eigenvalue weighted by Crippen LogP contribution is 2.00. The van der Waals surface area contributed by atoms with Crippen molar-refractivity contribution in [1.29, 1.82) is 0 Å². The standard InChI is InChI=1S/C6H10N4O2/c1-4-8-6(12-10-4)9-5(11)3-7-2/h7H,3H2,1-2H3,(H,8,9,10,11). The summed E-state index contributed by atoms with van der Waals surface area (Å²) < 4.78 is 4.66. The van der Waals surface area contributed by atoms with Gasteiger partial charge in [-0.1, -0.05) is 5.16 Å². The van der Waals surface area contributed by atoms with Crippen molar-refractivity contribution in [3.8, 4) is 0 Å². The minimum atomic E-state index is -0.207. The third-order valence-electron chi connectivity index (χ3n) is 1.11. The van der Waals surface area contributed by atoms with Crippen molar-refractivity contribution < 1.29 is 9.32 Å². The predicted octanol–water partition coefficient (Wildman–Crippen LogP) is -0.464. The first-order valence-corrected chi connectivity index (χ1v) is 3.47. The van der Waals surface area contributed by atoms with E-state index in [-0.39, 0.29) is 18.5 Å². The van der Waals surface area contributed by atoms with Crippen LogP contribution in [0.3, 0.4) is 0 Å². The molecule has 2 N–H and O–H groups in total. The van der Waals surface area contributed by atoms with Crippen LogP contribution in [0.15, 0.2) is 4.52 Å². The monoisotopic (exact) mass is 170 g/mol. The van der Waals surface area contributed by atoms with Gasteiger partial charge in [0.15, 0.2) is 5.82 Å². The second-order valence-corrected chi connectivity index (χ2v) is 2.23. The number of anilines is 1. The van der Waals surface area contributed by atoms with Crippen LogP contribution >= 0.6 is 0 Å². The van der Waals surface area contributed by atoms with E-state index in [1.165, 1.54) is 0 Å². The van der Waals surface area contributed by atoms with E-state index in [1.807, 2.05) is 0 Å². The molecule has 1 aromatic rings. The SMILES string of the molecule is CNCC(=O)Nc1nc(C)no1. The molecule has 12 heavy (non-hydrogen) atoms. The zero-order valence-corrected chi connectivity index (χ0v) is 6.92. The van der Waals surface area contributed by atoms with Crippen molar-refractivity contribution in [3.05, 3.63) is 5.82 Å². The average Bonchev–Trinajstić information content (AvgIpc) is 2.36. The van der Waals surface area contributed by atoms with Gasteiger partial charge in [-0.3, -0.25) is 10.1 Å². The molecule has 0 saturated carbocycles. The van der Waals surface area contributed by atoms with Crippen molar-refractivity contribution in [3.63, 3.8) is 0 Å². The lowest BCUT2D eigenvalue weighted by Gasteiger charge is -1.96. The number of aromatic nitrogens is 2. The third-order valence-corrected chi connectivity index (χ3v) is 1.11. The summed E-state index contributed by atoms with van der Waals surface area (Å²) in [6.45, 7) is 1.90. The molecule has 0 aliphatic rings. The Balaban J connectivity index is 2.46. The largest absolute Gasteiger partial charge is 0.328 e. The van der Waals surface area contributed by atoms with Gasteiger partial charge in [0.1, 0.15) is 0 Å². The highest BCUT2D eigenvalue weighted by Gasteiger charge is 2.05. The molecular formula is C6H10N4O2. The molecule has 6 nitrogen and oxygen atoms in total. The molecule has 1 heterocycles. The van der Waals surface area contributed by atoms with Crippen LogP contribution in [-0.2, 0) is 4.79 Å². The first kappa shape index (κ1) is 8.66. The lowest BCUT2D eigenvalue weighted by atomic mass is 10.6. The molecule has 1 rings (SSSR count). The smallest absolute Gasteiger partial charge is 0.315 e. The molecule has 0 aliphatic carbocycles. The quantitative estimate of drug-likeness (QED) is 0.641. The van der Waals surface area contributed by atoms with Gasteiger partial charge in [0, 0.05) is 0 Å². The maximum atomic E-state index is 10.9. The highest BCUT2D eigenvalue weighted by molar-refractivity contribution is 5.90. The molecule has 1 amide bonds. The van der Waals surface area contributed by atoms with Crippen molar-refractivity contribution >= 4 is 11.9 Å². The summed E-state index contributed by atoms with van der Waals surface area (Å²) >= 11 is 0. The Hall–Kier alpha value is -1.43. The molecule has 1 aromatic heterocycles. The van der Waals surface area contributed by atoms with Crippen LogP contribution in [0.1, 0.15) is 5.82 Å². The second kappa shape index (κ2) is 3.82. The van der Waals surface area contributed by atoms with Crippen molar-refractivity contribution in [2.45, 2.75) is 6.92 Å². The summed E-state index contributed by atoms with van der Waals surface area (Å²) in [5, 5.41) is 8.62. The van der Waals surface area contributed by atoms with Crippen molar-refractivity contribution in [2.75, 3.05) is 18.9 Å². The first-order valence-electron chi connectivity index (χ1n) is 3.47. The summed E-state index contributed by atoms with van der Waals surface area (Å²) in [7, 11) is 1.68. The van der Waals surface area contributed by atoms with E-state index < -0.39 is 0 Å². The Morgan fingerprint density at radius 1 is 1.67 bits per heavy atom. The van der Waals surface area contributed by atoms with Crippen molar-refractivity contribution in [1.82, 2.24) is 15.5 Å². The lowest BCUT2D eigenvalue weighted by Crippen LogP contribution is -2.25. The minimum absolute atomic E-state index is 0.132. The van der Waals surface area contributed by atoms with E-state index in [1.54, 1.807) is 14.0 Å². The summed E-state index contributed by atoms with van der Waals surface area (Å²) in [6.07, 6.45) is 0. The van der Waals surface area contributed by atoms with Gasteiger partial charge in [-0.25, -0.2) is 0 Å². The topological polar surface area (TPSA) is 80.0 Å². The van der Waals surface area contributed by atoms with Gasteiger partial charge >= 0.3 is 6.01 Å². The van der Waals surface area contributed by atoms with Crippen LogP contribution in [0.25, 0.3) is 0 Å². The van der Waals surface area contributed by atoms with Gasteiger partial charge < -0.3 is 9.84 Å². The van der Waals surface area contributed by atoms with Gasteiger partial charge in [-0.05, 0) is 14.0 Å². The molecule has 0 radical (unpaired) electrons. The molecule has 0 unspecified atom stereocenters. The number of nitrogens with one attached hydrogen (secondary N) is 2. The van der Waals surface area contributed by atoms with E-state index in [2.05, 4.69) is 25.3 Å². The number of amides is 1. The second-order valence-electron chi connectivity index (χ2n) is 2.23. The summed E-state index contributed by atoms with van der Waals surface area (Å²) in [6, 6.07) is 0.132. The Morgan fingerprint density at radius 3 is 2.92 bits per heavy atom. The molecule has 0 atom stereocenters. The summed E-state index contributed by atoms with van der Waals surface area (Å²) in [4.78, 5) is 14.7. The van der Waals surface area contributed by atoms with Crippen LogP contribution in [0.4, 0.5) is 6.01 Å². The zero-order valence-electron chi connectivity index (χ0n) is 6.92. The number of nitrogens with zero attached hydrogens (tertiary/aromatic N) is 2. The fourth-order valence-corrected chi connectivity index (χ4v) is 0.672. The molecule has 6 heteroatoms. The zero-order chi connectivity index (χ0) is 8.97. The van der Waals surface area contributed by atoms with Gasteiger partial charge in [-0.2, -0.15) is 4.98 Å². The predicted molar refractivity (Wildman–Crippen MR) is 41.6 cm³/mol. The molecule has 66 valence electrons. The van der Waals surface area contributed by atoms with Crippen LogP contribution in [0.2, 0.25) is 0 Å². The molecule has 0 spiro atoms. The minimum Gasteiger partial charge on any atom is -0.315 e. The van der Waals surface area contributed by atoms with Gasteiger partial charge in [0.2, 0.25) is 5.91 Å². The number of aryl methyl sites for hydroxylation is 1. The lowest BCUT2D eigenvalue weighted by molar-refractivity contribution is -0.115. The fourth-order valence-electron chi connectivity index (χ4n) is 0.672. The number of hydrogen-bond acceptors (Lipinski definition) is 5. The summed E-state index contributed by atoms with van der Waals surface area (Å²) in [5.41, 5.74) is 0. The normalized spacial score (nSPS) is 9.83. The maximum absolute atomic E-state index is 10.9.